The molecule has 7 rings (SSSR count). The van der Waals surface area contributed by atoms with Crippen molar-refractivity contribution in [3.8, 4) is 29.4 Å². The molecule has 0 radical (unpaired) electrons. The molecular formula is C30H28F2N6O2. The molecule has 3 aliphatic rings. The monoisotopic (exact) mass is 542 g/mol. The summed E-state index contributed by atoms with van der Waals surface area (Å²) in [4.78, 5) is 20.7. The summed E-state index contributed by atoms with van der Waals surface area (Å²) in [7, 11) is 2.07. The third-order valence-corrected chi connectivity index (χ3v) is 8.23. The molecule has 3 aliphatic heterocycles. The number of aromatic hydroxyl groups is 1. The van der Waals surface area contributed by atoms with Gasteiger partial charge in [0, 0.05) is 56.4 Å². The molecule has 3 saturated heterocycles. The Morgan fingerprint density at radius 2 is 1.77 bits per heavy atom. The van der Waals surface area contributed by atoms with E-state index < -0.39 is 11.6 Å². The molecule has 1 N–H and O–H groups in total. The first kappa shape index (κ1) is 24.9. The maximum Gasteiger partial charge on any atom is 0.228 e. The van der Waals surface area contributed by atoms with Crippen molar-refractivity contribution in [3.05, 3.63) is 47.7 Å². The van der Waals surface area contributed by atoms with Gasteiger partial charge < -0.3 is 24.5 Å². The third kappa shape index (κ3) is 4.08. The van der Waals surface area contributed by atoms with E-state index in [-0.39, 0.29) is 40.3 Å². The summed E-state index contributed by atoms with van der Waals surface area (Å²) < 4.78 is 37.4. The second kappa shape index (κ2) is 9.54. The summed E-state index contributed by atoms with van der Waals surface area (Å²) in [5, 5.41) is 11.8. The normalized spacial score (nSPS) is 21.4. The molecule has 0 saturated carbocycles. The third-order valence-electron chi connectivity index (χ3n) is 8.23. The highest BCUT2D eigenvalue weighted by molar-refractivity contribution is 6.03. The van der Waals surface area contributed by atoms with Crippen LogP contribution in [0.25, 0.3) is 32.9 Å². The smallest absolute Gasteiger partial charge is 0.228 e. The van der Waals surface area contributed by atoms with Crippen molar-refractivity contribution >= 4 is 33.4 Å². The van der Waals surface area contributed by atoms with Crippen LogP contribution in [-0.4, -0.2) is 83.5 Å². The van der Waals surface area contributed by atoms with Gasteiger partial charge in [0.15, 0.2) is 5.82 Å². The van der Waals surface area contributed by atoms with Gasteiger partial charge in [0.05, 0.1) is 23.2 Å². The van der Waals surface area contributed by atoms with Gasteiger partial charge in [0.25, 0.3) is 0 Å². The molecule has 10 heteroatoms. The fraction of sp³-hybridized carbons (Fsp3) is 0.367. The minimum absolute atomic E-state index is 0.0147. The number of pyridine rings is 1. The number of benzene rings is 2. The average Bonchev–Trinajstić information content (AvgIpc) is 3.30. The van der Waals surface area contributed by atoms with Crippen LogP contribution in [0, 0.1) is 24.0 Å². The Bertz CT molecular complexity index is 1690. The number of rotatable bonds is 3. The van der Waals surface area contributed by atoms with Crippen LogP contribution in [0.3, 0.4) is 0 Å². The molecule has 5 heterocycles. The number of fused-ring (bicyclic) bond motifs is 4. The van der Waals surface area contributed by atoms with Crippen LogP contribution in [0.2, 0.25) is 0 Å². The predicted octanol–water partition coefficient (Wildman–Crippen LogP) is 3.93. The van der Waals surface area contributed by atoms with Crippen molar-refractivity contribution in [2.45, 2.75) is 25.0 Å². The first-order chi connectivity index (χ1) is 19.4. The van der Waals surface area contributed by atoms with Crippen LogP contribution in [-0.2, 0) is 4.74 Å². The molecule has 2 atom stereocenters. The highest BCUT2D eigenvalue weighted by Crippen LogP contribution is 2.39. The quantitative estimate of drug-likeness (QED) is 0.391. The lowest BCUT2D eigenvalue weighted by Gasteiger charge is -2.35. The van der Waals surface area contributed by atoms with Crippen LogP contribution in [0.1, 0.15) is 18.4 Å². The van der Waals surface area contributed by atoms with Crippen molar-refractivity contribution in [2.75, 3.05) is 56.1 Å². The van der Waals surface area contributed by atoms with Crippen molar-refractivity contribution < 1.29 is 18.6 Å². The SMILES string of the molecule is C#Cc1c(F)ccc2cc(O)cc(-c3ncc4c(N5CC6CCC(C5)O6)nc(N5CCN(C)CC5)nc4c3F)c12. The predicted molar refractivity (Wildman–Crippen MR) is 150 cm³/mol. The van der Waals surface area contributed by atoms with Gasteiger partial charge >= 0.3 is 0 Å². The molecule has 2 aromatic heterocycles. The zero-order valence-corrected chi connectivity index (χ0v) is 22.1. The Morgan fingerprint density at radius 1 is 1.02 bits per heavy atom. The fourth-order valence-corrected chi connectivity index (χ4v) is 6.15. The zero-order chi connectivity index (χ0) is 27.5. The van der Waals surface area contributed by atoms with Crippen LogP contribution in [0.4, 0.5) is 20.5 Å². The molecule has 0 amide bonds. The number of hydrogen-bond donors (Lipinski definition) is 1. The number of morpholine rings is 1. The first-order valence-electron chi connectivity index (χ1n) is 13.5. The van der Waals surface area contributed by atoms with E-state index in [1.165, 1.54) is 24.3 Å². The number of halogens is 2. The van der Waals surface area contributed by atoms with Gasteiger partial charge in [-0.15, -0.1) is 6.42 Å². The van der Waals surface area contributed by atoms with E-state index in [1.54, 1.807) is 6.20 Å². The summed E-state index contributed by atoms with van der Waals surface area (Å²) in [5.74, 6) is 2.09. The number of nitrogens with zero attached hydrogens (tertiary/aromatic N) is 6. The minimum Gasteiger partial charge on any atom is -0.508 e. The largest absolute Gasteiger partial charge is 0.508 e. The van der Waals surface area contributed by atoms with Gasteiger partial charge in [0.2, 0.25) is 5.95 Å². The summed E-state index contributed by atoms with van der Waals surface area (Å²) in [6.45, 7) is 4.46. The molecule has 2 aromatic carbocycles. The van der Waals surface area contributed by atoms with Crippen LogP contribution in [0.15, 0.2) is 30.5 Å². The molecule has 4 aromatic rings. The van der Waals surface area contributed by atoms with Gasteiger partial charge in [-0.25, -0.2) is 13.8 Å². The van der Waals surface area contributed by atoms with E-state index in [1.807, 2.05) is 0 Å². The van der Waals surface area contributed by atoms with E-state index in [4.69, 9.17) is 21.1 Å². The lowest BCUT2D eigenvalue weighted by molar-refractivity contribution is 0.0303. The molecule has 8 nitrogen and oxygen atoms in total. The lowest BCUT2D eigenvalue weighted by atomic mass is 9.96. The van der Waals surface area contributed by atoms with Crippen molar-refractivity contribution in [1.29, 1.82) is 0 Å². The summed E-state index contributed by atoms with van der Waals surface area (Å²) >= 11 is 0. The minimum atomic E-state index is -0.674. The number of aromatic nitrogens is 3. The van der Waals surface area contributed by atoms with Gasteiger partial charge in [-0.1, -0.05) is 12.0 Å². The molecule has 204 valence electrons. The number of anilines is 2. The second-order valence-corrected chi connectivity index (χ2v) is 10.8. The number of hydrogen-bond acceptors (Lipinski definition) is 8. The van der Waals surface area contributed by atoms with Gasteiger partial charge in [-0.3, -0.25) is 4.98 Å². The van der Waals surface area contributed by atoms with Gasteiger partial charge in [-0.05, 0) is 43.5 Å². The Kier molecular flexibility index (Phi) is 5.95. The molecule has 2 unspecified atom stereocenters. The number of phenols is 1. The van der Waals surface area contributed by atoms with Gasteiger partial charge in [-0.2, -0.15) is 4.98 Å². The lowest BCUT2D eigenvalue weighted by Crippen LogP contribution is -2.46. The Labute approximate surface area is 230 Å². The Balaban J connectivity index is 1.45. The number of likely N-dealkylation sites (N-methyl/N-ethyl adjacent to an activating group) is 1. The molecule has 40 heavy (non-hydrogen) atoms. The summed E-state index contributed by atoms with van der Waals surface area (Å²) in [5.41, 5.74) is 0.246. The second-order valence-electron chi connectivity index (χ2n) is 10.8. The molecule has 2 bridgehead atoms. The van der Waals surface area contributed by atoms with E-state index in [0.29, 0.717) is 41.0 Å². The molecular weight excluding hydrogens is 514 g/mol. The standard InChI is InChI=1S/C30H28F2N6O2/c1-3-21-24(31)7-4-17-12-18(39)13-22(25(17)21)27-26(32)28-23(14-33-27)29(38-15-19-5-6-20(16-38)40-19)35-30(34-28)37-10-8-36(2)9-11-37/h1,4,7,12-14,19-20,39H,5-6,8-11,15-16H2,2H3. The van der Waals surface area contributed by atoms with E-state index in [9.17, 15) is 9.50 Å². The number of phenolic OH excluding ortho intramolecular Hbond substituents is 1. The van der Waals surface area contributed by atoms with Crippen LogP contribution < -0.4 is 9.80 Å². The topological polar surface area (TPSA) is 77.9 Å². The highest BCUT2D eigenvalue weighted by atomic mass is 19.1. The van der Waals surface area contributed by atoms with Crippen molar-refractivity contribution in [1.82, 2.24) is 19.9 Å². The van der Waals surface area contributed by atoms with Gasteiger partial charge in [0.1, 0.15) is 28.6 Å². The average molecular weight is 543 g/mol. The van der Waals surface area contributed by atoms with E-state index >= 15 is 4.39 Å². The number of piperazine rings is 1. The fourth-order valence-electron chi connectivity index (χ4n) is 6.15. The first-order valence-corrected chi connectivity index (χ1v) is 13.5. The maximum atomic E-state index is 16.6. The summed E-state index contributed by atoms with van der Waals surface area (Å²) in [6, 6.07) is 5.58. The molecule has 0 spiro atoms. The molecule has 3 fully saturated rings. The van der Waals surface area contributed by atoms with Crippen LogP contribution >= 0.6 is 0 Å². The summed E-state index contributed by atoms with van der Waals surface area (Å²) in [6.07, 6.45) is 9.44. The van der Waals surface area contributed by atoms with Crippen molar-refractivity contribution in [3.63, 3.8) is 0 Å². The number of ether oxygens (including phenoxy) is 1. The highest BCUT2D eigenvalue weighted by Gasteiger charge is 2.36. The van der Waals surface area contributed by atoms with Crippen molar-refractivity contribution in [2.24, 2.45) is 0 Å². The zero-order valence-electron chi connectivity index (χ0n) is 22.1. The Morgan fingerprint density at radius 3 is 2.50 bits per heavy atom. The number of terminal acetylenes is 1. The maximum absolute atomic E-state index is 16.6. The van der Waals surface area contributed by atoms with Crippen LogP contribution in [0.5, 0.6) is 5.75 Å². The van der Waals surface area contributed by atoms with E-state index in [2.05, 4.69) is 32.7 Å². The molecule has 0 aliphatic carbocycles. The Hall–Kier alpha value is -4.07. The van der Waals surface area contributed by atoms with E-state index in [0.717, 1.165) is 39.0 Å².